The molecule has 0 unspecified atom stereocenters. The van der Waals surface area contributed by atoms with Gasteiger partial charge in [0, 0.05) is 28.2 Å². The molecule has 0 atom stereocenters. The minimum Gasteiger partial charge on any atom is -0.493 e. The van der Waals surface area contributed by atoms with Crippen molar-refractivity contribution in [2.24, 2.45) is 5.10 Å². The summed E-state index contributed by atoms with van der Waals surface area (Å²) in [5.74, 6) is 0.721. The van der Waals surface area contributed by atoms with Crippen LogP contribution in [0.2, 0.25) is 0 Å². The summed E-state index contributed by atoms with van der Waals surface area (Å²) in [6.07, 6.45) is 3.47. The van der Waals surface area contributed by atoms with Crippen LogP contribution in [0, 0.1) is 0 Å². The van der Waals surface area contributed by atoms with E-state index in [1.807, 2.05) is 60.8 Å². The maximum Gasteiger partial charge on any atom is 0.271 e. The number of rotatable bonds is 7. The normalized spacial score (nSPS) is 11.0. The fourth-order valence-corrected chi connectivity index (χ4v) is 3.09. The summed E-state index contributed by atoms with van der Waals surface area (Å²) < 4.78 is 11.2. The first-order valence-electron chi connectivity index (χ1n) is 9.49. The Labute approximate surface area is 174 Å². The van der Waals surface area contributed by atoms with Crippen LogP contribution in [0.5, 0.6) is 11.5 Å². The van der Waals surface area contributed by atoms with Gasteiger partial charge in [0.05, 0.1) is 13.3 Å². The lowest BCUT2D eigenvalue weighted by Crippen LogP contribution is -2.17. The fourth-order valence-electron chi connectivity index (χ4n) is 3.09. The number of carbonyl (C=O) groups is 1. The van der Waals surface area contributed by atoms with E-state index in [1.165, 1.54) is 0 Å². The molecule has 1 aromatic heterocycles. The molecule has 2 N–H and O–H groups in total. The number of hydrogen-bond donors (Lipinski definition) is 2. The lowest BCUT2D eigenvalue weighted by Gasteiger charge is -2.12. The molecule has 0 radical (unpaired) electrons. The Morgan fingerprint density at radius 2 is 1.83 bits per heavy atom. The van der Waals surface area contributed by atoms with Gasteiger partial charge in [0.2, 0.25) is 0 Å². The van der Waals surface area contributed by atoms with Crippen LogP contribution in [0.25, 0.3) is 10.9 Å². The predicted octanol–water partition coefficient (Wildman–Crippen LogP) is 4.52. The van der Waals surface area contributed by atoms with Gasteiger partial charge >= 0.3 is 0 Å². The first-order valence-corrected chi connectivity index (χ1v) is 9.49. The number of aromatic amines is 1. The topological polar surface area (TPSA) is 75.7 Å². The molecule has 6 nitrogen and oxygen atoms in total. The third-order valence-electron chi connectivity index (χ3n) is 4.65. The summed E-state index contributed by atoms with van der Waals surface area (Å²) in [7, 11) is 1.54. The van der Waals surface area contributed by atoms with Gasteiger partial charge in [0.15, 0.2) is 11.5 Å². The Kier molecular flexibility index (Phi) is 5.75. The molecular formula is C24H21N3O3. The minimum atomic E-state index is -0.334. The summed E-state index contributed by atoms with van der Waals surface area (Å²) in [5.41, 5.74) is 5.94. The maximum atomic E-state index is 12.5. The maximum absolute atomic E-state index is 12.5. The van der Waals surface area contributed by atoms with Crippen molar-refractivity contribution < 1.29 is 14.3 Å². The summed E-state index contributed by atoms with van der Waals surface area (Å²) in [5, 5.41) is 5.12. The molecule has 0 aliphatic carbocycles. The van der Waals surface area contributed by atoms with Crippen molar-refractivity contribution in [1.82, 2.24) is 10.4 Å². The van der Waals surface area contributed by atoms with Crippen molar-refractivity contribution in [1.29, 1.82) is 0 Å². The zero-order valence-corrected chi connectivity index (χ0v) is 16.5. The number of aromatic nitrogens is 1. The average Bonchev–Trinajstić information content (AvgIpc) is 3.21. The highest BCUT2D eigenvalue weighted by Gasteiger charge is 2.11. The van der Waals surface area contributed by atoms with Gasteiger partial charge < -0.3 is 14.5 Å². The highest BCUT2D eigenvalue weighted by Crippen LogP contribution is 2.29. The number of benzene rings is 3. The molecule has 3 aromatic carbocycles. The average molecular weight is 399 g/mol. The molecule has 1 amide bonds. The first-order chi connectivity index (χ1) is 14.7. The first kappa shape index (κ1) is 19.3. The molecular weight excluding hydrogens is 378 g/mol. The van der Waals surface area contributed by atoms with Crippen LogP contribution in [0.1, 0.15) is 21.5 Å². The van der Waals surface area contributed by atoms with Gasteiger partial charge in [-0.1, -0.05) is 48.5 Å². The van der Waals surface area contributed by atoms with E-state index in [0.717, 1.165) is 22.0 Å². The van der Waals surface area contributed by atoms with Crippen molar-refractivity contribution >= 4 is 23.0 Å². The zero-order chi connectivity index (χ0) is 20.8. The van der Waals surface area contributed by atoms with E-state index in [-0.39, 0.29) is 5.91 Å². The third kappa shape index (κ3) is 4.33. The quantitative estimate of drug-likeness (QED) is 0.354. The number of H-pyrrole nitrogens is 1. The summed E-state index contributed by atoms with van der Waals surface area (Å²) >= 11 is 0. The number of hydrazone groups is 1. The Morgan fingerprint density at radius 3 is 2.67 bits per heavy atom. The van der Waals surface area contributed by atoms with E-state index in [4.69, 9.17) is 9.47 Å². The molecule has 0 fully saturated rings. The smallest absolute Gasteiger partial charge is 0.271 e. The molecule has 4 aromatic rings. The van der Waals surface area contributed by atoms with Crippen LogP contribution in [0.3, 0.4) is 0 Å². The van der Waals surface area contributed by atoms with Gasteiger partial charge in [0.25, 0.3) is 5.91 Å². The number of amides is 1. The lowest BCUT2D eigenvalue weighted by molar-refractivity contribution is 0.0954. The number of fused-ring (bicyclic) bond motifs is 1. The van der Waals surface area contributed by atoms with Crippen LogP contribution in [-0.2, 0) is 6.61 Å². The Bertz CT molecular complexity index is 1180. The van der Waals surface area contributed by atoms with Gasteiger partial charge in [-0.05, 0) is 29.8 Å². The largest absolute Gasteiger partial charge is 0.493 e. The number of nitrogens with one attached hydrogen (secondary N) is 2. The zero-order valence-electron chi connectivity index (χ0n) is 16.5. The highest BCUT2D eigenvalue weighted by atomic mass is 16.5. The Morgan fingerprint density at radius 1 is 1.03 bits per heavy atom. The van der Waals surface area contributed by atoms with Crippen molar-refractivity contribution in [3.05, 3.63) is 95.7 Å². The molecule has 150 valence electrons. The number of carbonyl (C=O) groups excluding carboxylic acids is 1. The van der Waals surface area contributed by atoms with E-state index in [2.05, 4.69) is 15.5 Å². The third-order valence-corrected chi connectivity index (χ3v) is 4.65. The molecule has 0 bridgehead atoms. The summed E-state index contributed by atoms with van der Waals surface area (Å²) in [4.78, 5) is 15.6. The van der Waals surface area contributed by atoms with Gasteiger partial charge in [-0.25, -0.2) is 5.43 Å². The van der Waals surface area contributed by atoms with E-state index >= 15 is 0 Å². The molecule has 0 saturated heterocycles. The molecule has 1 heterocycles. The Balaban J connectivity index is 1.42. The standard InChI is InChI=1S/C24H21N3O3/c1-29-23-13-18(11-12-22(23)30-16-17-7-3-2-4-8-17)24(28)27-26-15-19-14-25-21-10-6-5-9-20(19)21/h2-15,25H,16H2,1H3,(H,27,28). The van der Waals surface area contributed by atoms with Gasteiger partial charge in [-0.2, -0.15) is 5.10 Å². The number of methoxy groups -OCH3 is 1. The van der Waals surface area contributed by atoms with Crippen LogP contribution >= 0.6 is 0 Å². The number of para-hydroxylation sites is 1. The van der Waals surface area contributed by atoms with E-state index in [9.17, 15) is 4.79 Å². The molecule has 0 aliphatic rings. The van der Waals surface area contributed by atoms with Crippen molar-refractivity contribution in [2.45, 2.75) is 6.61 Å². The van der Waals surface area contributed by atoms with Gasteiger partial charge in [-0.15, -0.1) is 0 Å². The predicted molar refractivity (Wildman–Crippen MR) is 117 cm³/mol. The van der Waals surface area contributed by atoms with E-state index < -0.39 is 0 Å². The van der Waals surface area contributed by atoms with Gasteiger partial charge in [0.1, 0.15) is 6.61 Å². The number of ether oxygens (including phenoxy) is 2. The van der Waals surface area contributed by atoms with E-state index in [1.54, 1.807) is 31.5 Å². The number of nitrogens with zero attached hydrogens (tertiary/aromatic N) is 1. The Hall–Kier alpha value is -4.06. The lowest BCUT2D eigenvalue weighted by atomic mass is 10.2. The summed E-state index contributed by atoms with van der Waals surface area (Å²) in [6.45, 7) is 0.414. The van der Waals surface area contributed by atoms with Crippen LogP contribution < -0.4 is 14.9 Å². The molecule has 0 saturated carbocycles. The second-order valence-electron chi connectivity index (χ2n) is 6.63. The van der Waals surface area contributed by atoms with Crippen LogP contribution in [0.4, 0.5) is 0 Å². The summed E-state index contributed by atoms with van der Waals surface area (Å²) in [6, 6.07) is 22.8. The highest BCUT2D eigenvalue weighted by molar-refractivity contribution is 6.00. The molecule has 4 rings (SSSR count). The minimum absolute atomic E-state index is 0.334. The van der Waals surface area contributed by atoms with Crippen molar-refractivity contribution in [2.75, 3.05) is 7.11 Å². The fraction of sp³-hybridized carbons (Fsp3) is 0.0833. The molecule has 6 heteroatoms. The monoisotopic (exact) mass is 399 g/mol. The number of hydrogen-bond acceptors (Lipinski definition) is 4. The van der Waals surface area contributed by atoms with Crippen molar-refractivity contribution in [3.8, 4) is 11.5 Å². The second kappa shape index (κ2) is 8.96. The van der Waals surface area contributed by atoms with Crippen LogP contribution in [-0.4, -0.2) is 24.2 Å². The van der Waals surface area contributed by atoms with Crippen LogP contribution in [0.15, 0.2) is 84.1 Å². The molecule has 30 heavy (non-hydrogen) atoms. The SMILES string of the molecule is COc1cc(C(=O)NN=Cc2c[nH]c3ccccc23)ccc1OCc1ccccc1. The van der Waals surface area contributed by atoms with E-state index in [0.29, 0.717) is 23.7 Å². The van der Waals surface area contributed by atoms with Gasteiger partial charge in [-0.3, -0.25) is 4.79 Å². The van der Waals surface area contributed by atoms with Crippen molar-refractivity contribution in [3.63, 3.8) is 0 Å². The molecule has 0 aliphatic heterocycles. The second-order valence-corrected chi connectivity index (χ2v) is 6.63. The molecule has 0 spiro atoms.